The van der Waals surface area contributed by atoms with E-state index in [1.165, 1.54) is 11.0 Å². The summed E-state index contributed by atoms with van der Waals surface area (Å²) in [6, 6.07) is 6.70. The third-order valence-corrected chi connectivity index (χ3v) is 9.19. The van der Waals surface area contributed by atoms with Gasteiger partial charge in [-0.2, -0.15) is 13.2 Å². The molecule has 0 bridgehead atoms. The number of anilines is 2. The molecule has 6 rings (SSSR count). The first-order valence-electron chi connectivity index (χ1n) is 14.8. The number of rotatable bonds is 10. The van der Waals surface area contributed by atoms with Crippen molar-refractivity contribution in [3.63, 3.8) is 0 Å². The molecule has 0 spiro atoms. The average Bonchev–Trinajstić information content (AvgIpc) is 3.50. The summed E-state index contributed by atoms with van der Waals surface area (Å²) in [6.07, 6.45) is 5.36. The largest absolute Gasteiger partial charge is 0.416 e. The van der Waals surface area contributed by atoms with Gasteiger partial charge in [-0.3, -0.25) is 9.69 Å². The number of ether oxygens (including phenoxy) is 1. The predicted molar refractivity (Wildman–Crippen MR) is 157 cm³/mol. The van der Waals surface area contributed by atoms with E-state index in [1.54, 1.807) is 41.2 Å². The molecule has 2 fully saturated rings. The van der Waals surface area contributed by atoms with Crippen molar-refractivity contribution in [3.05, 3.63) is 77.4 Å². The van der Waals surface area contributed by atoms with E-state index in [9.17, 15) is 18.0 Å². The van der Waals surface area contributed by atoms with E-state index >= 15 is 0 Å². The number of nitrogens with zero attached hydrogens (tertiary/aromatic N) is 4. The topological polar surface area (TPSA) is 75.3 Å². The fourth-order valence-electron chi connectivity index (χ4n) is 6.41. The highest BCUT2D eigenvalue weighted by Gasteiger charge is 2.43. The molecule has 3 aliphatic rings. The summed E-state index contributed by atoms with van der Waals surface area (Å²) in [5.41, 5.74) is 2.61. The molecule has 0 radical (unpaired) electrons. The molecule has 43 heavy (non-hydrogen) atoms. The highest BCUT2D eigenvalue weighted by molar-refractivity contribution is 6.11. The highest BCUT2D eigenvalue weighted by Crippen LogP contribution is 2.46. The van der Waals surface area contributed by atoms with Gasteiger partial charge in [0.15, 0.2) is 5.69 Å². The summed E-state index contributed by atoms with van der Waals surface area (Å²) in [6.45, 7) is 6.44. The third-order valence-electron chi connectivity index (χ3n) is 9.19. The standard InChI is InChI=1S/C32H38F3N6O2/c1-5-9-36-22-14-24(21-12-23(13-21)43-4)29(41-19-39(3)18-38-41)28(15-22)40-17-26-25(30(40)42)10-20(11-27(26)32(33,34)35)16-37-31(2)7-6-8-31/h5,10-11,14-15,18-19,21,23,36-37H,1,6-9,12-13,16-17H2,2-4H3/q+1/t21-,23+. The van der Waals surface area contributed by atoms with Gasteiger partial charge in [-0.25, -0.2) is 4.57 Å². The quantitative estimate of drug-likeness (QED) is 0.243. The average molecular weight is 596 g/mol. The van der Waals surface area contributed by atoms with Crippen LogP contribution in [0, 0.1) is 0 Å². The maximum absolute atomic E-state index is 14.5. The summed E-state index contributed by atoms with van der Waals surface area (Å²) >= 11 is 0. The minimum Gasteiger partial charge on any atom is -0.382 e. The van der Waals surface area contributed by atoms with Crippen LogP contribution < -0.4 is 20.2 Å². The van der Waals surface area contributed by atoms with Crippen LogP contribution in [0.5, 0.6) is 0 Å². The molecular formula is C32H38F3N6O2+. The van der Waals surface area contributed by atoms with Crippen molar-refractivity contribution in [2.45, 2.75) is 75.9 Å². The number of aryl methyl sites for hydroxylation is 1. The number of carbonyl (C=O) groups is 1. The molecule has 2 saturated carbocycles. The molecule has 0 saturated heterocycles. The number of fused-ring (bicyclic) bond motifs is 1. The first kappa shape index (κ1) is 29.4. The molecule has 2 heterocycles. The number of nitrogens with one attached hydrogen (secondary N) is 2. The predicted octanol–water partition coefficient (Wildman–Crippen LogP) is 5.40. The second-order valence-corrected chi connectivity index (χ2v) is 12.3. The van der Waals surface area contributed by atoms with Crippen LogP contribution >= 0.6 is 0 Å². The number of hydrogen-bond donors (Lipinski definition) is 2. The number of aromatic nitrogens is 3. The van der Waals surface area contributed by atoms with E-state index in [1.807, 2.05) is 19.2 Å². The number of hydrogen-bond acceptors (Lipinski definition) is 5. The minimum atomic E-state index is -4.60. The Kier molecular flexibility index (Phi) is 7.58. The van der Waals surface area contributed by atoms with Crippen LogP contribution in [0.3, 0.4) is 0 Å². The minimum absolute atomic E-state index is 0.00201. The third kappa shape index (κ3) is 5.56. The van der Waals surface area contributed by atoms with Gasteiger partial charge >= 0.3 is 6.18 Å². The second-order valence-electron chi connectivity index (χ2n) is 12.3. The van der Waals surface area contributed by atoms with Crippen molar-refractivity contribution in [1.29, 1.82) is 0 Å². The molecule has 3 aromatic rings. The van der Waals surface area contributed by atoms with Gasteiger partial charge in [0.25, 0.3) is 12.2 Å². The van der Waals surface area contributed by atoms with E-state index in [-0.39, 0.29) is 41.8 Å². The van der Waals surface area contributed by atoms with Crippen LogP contribution in [0.2, 0.25) is 0 Å². The summed E-state index contributed by atoms with van der Waals surface area (Å²) in [5, 5.41) is 11.3. The molecule has 1 amide bonds. The number of amides is 1. The Bertz CT molecular complexity index is 1560. The zero-order valence-corrected chi connectivity index (χ0v) is 24.8. The Morgan fingerprint density at radius 1 is 1.23 bits per heavy atom. The van der Waals surface area contributed by atoms with Crippen molar-refractivity contribution in [2.75, 3.05) is 23.9 Å². The molecule has 8 nitrogen and oxygen atoms in total. The Morgan fingerprint density at radius 3 is 2.60 bits per heavy atom. The lowest BCUT2D eigenvalue weighted by Gasteiger charge is -2.39. The first-order chi connectivity index (χ1) is 20.5. The van der Waals surface area contributed by atoms with Crippen LogP contribution in [0.15, 0.2) is 49.6 Å². The monoisotopic (exact) mass is 595 g/mol. The molecule has 2 aliphatic carbocycles. The lowest BCUT2D eigenvalue weighted by Crippen LogP contribution is -2.47. The molecule has 0 unspecified atom stereocenters. The van der Waals surface area contributed by atoms with E-state index in [0.717, 1.165) is 43.4 Å². The van der Waals surface area contributed by atoms with Crippen LogP contribution in [0.25, 0.3) is 5.69 Å². The maximum Gasteiger partial charge on any atom is 0.416 e. The van der Waals surface area contributed by atoms with Crippen molar-refractivity contribution in [1.82, 2.24) is 15.0 Å². The van der Waals surface area contributed by atoms with Crippen LogP contribution in [-0.2, 0) is 31.1 Å². The van der Waals surface area contributed by atoms with Crippen LogP contribution in [-0.4, -0.2) is 40.9 Å². The number of carbonyl (C=O) groups excluding carboxylic acids is 1. The first-order valence-corrected chi connectivity index (χ1v) is 14.8. The summed E-state index contributed by atoms with van der Waals surface area (Å²) in [4.78, 5) is 15.6. The summed E-state index contributed by atoms with van der Waals surface area (Å²) in [7, 11) is 3.54. The summed E-state index contributed by atoms with van der Waals surface area (Å²) in [5.74, 6) is -0.319. The van der Waals surface area contributed by atoms with Crippen molar-refractivity contribution >= 4 is 17.3 Å². The van der Waals surface area contributed by atoms with E-state index < -0.39 is 17.6 Å². The van der Waals surface area contributed by atoms with E-state index in [2.05, 4.69) is 29.2 Å². The SMILES string of the molecule is C=CCNc1cc(N2Cc3c(cc(CNC4(C)CCC4)cc3C(F)(F)F)C2=O)c(-[n+]2cn(C)cn2)c([C@H]2C[C@@H](OC)C2)c1. The maximum atomic E-state index is 14.5. The van der Waals surface area contributed by atoms with Gasteiger partial charge in [-0.15, -0.1) is 6.58 Å². The lowest BCUT2D eigenvalue weighted by atomic mass is 9.76. The second kappa shape index (κ2) is 11.1. The van der Waals surface area contributed by atoms with Gasteiger partial charge in [0, 0.05) is 42.6 Å². The summed E-state index contributed by atoms with van der Waals surface area (Å²) < 4.78 is 52.5. The smallest absolute Gasteiger partial charge is 0.382 e. The van der Waals surface area contributed by atoms with E-state index in [0.29, 0.717) is 23.5 Å². The highest BCUT2D eigenvalue weighted by atomic mass is 19.4. The zero-order valence-electron chi connectivity index (χ0n) is 24.8. The zero-order chi connectivity index (χ0) is 30.5. The molecule has 0 atom stereocenters. The van der Waals surface area contributed by atoms with Gasteiger partial charge < -0.3 is 15.4 Å². The Balaban J connectivity index is 1.46. The van der Waals surface area contributed by atoms with Crippen LogP contribution in [0.4, 0.5) is 24.5 Å². The van der Waals surface area contributed by atoms with Gasteiger partial charge in [0.05, 0.1) is 30.9 Å². The molecular weight excluding hydrogens is 557 g/mol. The number of benzene rings is 2. The molecule has 11 heteroatoms. The van der Waals surface area contributed by atoms with Gasteiger partial charge in [0.2, 0.25) is 6.33 Å². The fraction of sp³-hybridized carbons (Fsp3) is 0.469. The molecule has 1 aromatic heterocycles. The normalized spacial score (nSPS) is 20.9. The number of methoxy groups -OCH3 is 1. The Morgan fingerprint density at radius 2 is 2.00 bits per heavy atom. The van der Waals surface area contributed by atoms with Crippen LogP contribution in [0.1, 0.15) is 77.6 Å². The fourth-order valence-corrected chi connectivity index (χ4v) is 6.41. The van der Waals surface area contributed by atoms with Gasteiger partial charge in [-0.05, 0) is 85.4 Å². The molecule has 2 aromatic carbocycles. The number of halogens is 3. The Hall–Kier alpha value is -3.70. The van der Waals surface area contributed by atoms with Gasteiger partial charge in [-0.1, -0.05) is 10.8 Å². The van der Waals surface area contributed by atoms with E-state index in [4.69, 9.17) is 4.74 Å². The van der Waals surface area contributed by atoms with Crippen molar-refractivity contribution in [2.24, 2.45) is 7.05 Å². The van der Waals surface area contributed by atoms with Crippen molar-refractivity contribution < 1.29 is 27.4 Å². The number of alkyl halides is 3. The molecule has 228 valence electrons. The molecule has 1 aliphatic heterocycles. The van der Waals surface area contributed by atoms with Gasteiger partial charge in [0.1, 0.15) is 0 Å². The van der Waals surface area contributed by atoms with Crippen molar-refractivity contribution in [3.8, 4) is 5.69 Å². The Labute approximate surface area is 249 Å². The lowest BCUT2D eigenvalue weighted by molar-refractivity contribution is -0.657. The molecule has 2 N–H and O–H groups in total.